The van der Waals surface area contributed by atoms with E-state index in [9.17, 15) is 14.3 Å². The average molecular weight is 667 g/mol. The van der Waals surface area contributed by atoms with Crippen LogP contribution in [0.2, 0.25) is 0 Å². The molecule has 8 heteroatoms. The minimum Gasteiger partial charge on any atom is -0.489 e. The molecule has 49 heavy (non-hydrogen) atoms. The van der Waals surface area contributed by atoms with Crippen molar-refractivity contribution >= 4 is 5.97 Å². The molecule has 4 atom stereocenters. The van der Waals surface area contributed by atoms with Gasteiger partial charge in [-0.3, -0.25) is 14.4 Å². The van der Waals surface area contributed by atoms with Crippen LogP contribution in [0.5, 0.6) is 5.75 Å². The predicted molar refractivity (Wildman–Crippen MR) is 191 cm³/mol. The number of likely N-dealkylation sites (tertiary alicyclic amines) is 2. The first-order valence-electron chi connectivity index (χ1n) is 18.1. The SMILES string of the molecule is CC[C@H](C)[C@H](C(=O)O)N1C[C@H](CN2CCC(c3cc(Cc4ccc(OCc5ccccc5)cc4)nn3CC)CC2)[C@@H](c2cccc(F)c2)C1. The van der Waals surface area contributed by atoms with Crippen LogP contribution in [0.3, 0.4) is 0 Å². The van der Waals surface area contributed by atoms with Gasteiger partial charge >= 0.3 is 5.97 Å². The average Bonchev–Trinajstić information content (AvgIpc) is 3.72. The minimum atomic E-state index is -0.759. The first-order chi connectivity index (χ1) is 23.8. The van der Waals surface area contributed by atoms with Crippen LogP contribution in [0.15, 0.2) is 84.9 Å². The Balaban J connectivity index is 1.07. The van der Waals surface area contributed by atoms with Gasteiger partial charge in [0, 0.05) is 50.1 Å². The van der Waals surface area contributed by atoms with Crippen molar-refractivity contribution in [2.24, 2.45) is 11.8 Å². The predicted octanol–water partition coefficient (Wildman–Crippen LogP) is 7.61. The number of ether oxygens (including phenoxy) is 1. The van der Waals surface area contributed by atoms with Crippen molar-refractivity contribution in [2.45, 2.75) is 77.5 Å². The summed E-state index contributed by atoms with van der Waals surface area (Å²) in [4.78, 5) is 17.1. The number of hydrogen-bond acceptors (Lipinski definition) is 5. The Labute approximate surface area is 290 Å². The third-order valence-corrected chi connectivity index (χ3v) is 10.8. The monoisotopic (exact) mass is 666 g/mol. The van der Waals surface area contributed by atoms with Crippen molar-refractivity contribution in [3.63, 3.8) is 0 Å². The topological polar surface area (TPSA) is 70.8 Å². The number of rotatable bonds is 14. The van der Waals surface area contributed by atoms with E-state index < -0.39 is 12.0 Å². The molecule has 0 bridgehead atoms. The fourth-order valence-electron chi connectivity index (χ4n) is 7.97. The number of aryl methyl sites for hydroxylation is 1. The zero-order chi connectivity index (χ0) is 34.3. The van der Waals surface area contributed by atoms with Gasteiger partial charge in [-0.25, -0.2) is 4.39 Å². The molecule has 3 aromatic carbocycles. The Morgan fingerprint density at radius 1 is 0.959 bits per heavy atom. The third kappa shape index (κ3) is 8.60. The molecule has 1 aromatic heterocycles. The Morgan fingerprint density at radius 2 is 1.71 bits per heavy atom. The van der Waals surface area contributed by atoms with Gasteiger partial charge in [0.2, 0.25) is 0 Å². The van der Waals surface area contributed by atoms with Crippen molar-refractivity contribution in [1.82, 2.24) is 19.6 Å². The quantitative estimate of drug-likeness (QED) is 0.150. The van der Waals surface area contributed by atoms with E-state index in [0.29, 0.717) is 25.6 Å². The number of piperidine rings is 1. The van der Waals surface area contributed by atoms with E-state index in [-0.39, 0.29) is 23.6 Å². The molecule has 2 aliphatic heterocycles. The highest BCUT2D eigenvalue weighted by atomic mass is 19.1. The van der Waals surface area contributed by atoms with Crippen LogP contribution in [-0.4, -0.2) is 69.4 Å². The first-order valence-corrected chi connectivity index (χ1v) is 18.1. The van der Waals surface area contributed by atoms with E-state index in [2.05, 4.69) is 58.7 Å². The molecule has 0 spiro atoms. The maximum atomic E-state index is 14.3. The van der Waals surface area contributed by atoms with Gasteiger partial charge in [-0.1, -0.05) is 74.9 Å². The standard InChI is InChI=1S/C41H51FN4O3/c1-4-29(3)40(41(47)48)45-26-34(38(27-45)33-12-9-13-35(42)23-33)25-44-20-18-32(19-21-44)39-24-36(43-46(39)5-2)22-30-14-16-37(17-15-30)49-28-31-10-7-6-8-11-31/h6-17,23-24,29,32,34,38,40H,4-5,18-22,25-28H2,1-3H3,(H,47,48)/t29-,34-,38+,40+/m0/s1. The summed E-state index contributed by atoms with van der Waals surface area (Å²) in [6.07, 6.45) is 3.71. The van der Waals surface area contributed by atoms with Crippen LogP contribution < -0.4 is 4.74 Å². The fourth-order valence-corrected chi connectivity index (χ4v) is 7.97. The number of halogens is 1. The molecule has 0 aliphatic carbocycles. The number of aromatic nitrogens is 2. The molecule has 6 rings (SSSR count). The number of benzene rings is 3. The van der Waals surface area contributed by atoms with Crippen LogP contribution in [0.4, 0.5) is 4.39 Å². The normalized spacial score (nSPS) is 20.3. The summed E-state index contributed by atoms with van der Waals surface area (Å²) in [6, 6.07) is 27.2. The molecule has 1 N–H and O–H groups in total. The molecule has 0 saturated carbocycles. The summed E-state index contributed by atoms with van der Waals surface area (Å²) in [6.45, 7) is 11.9. The number of nitrogens with zero attached hydrogens (tertiary/aromatic N) is 4. The summed E-state index contributed by atoms with van der Waals surface area (Å²) in [5.41, 5.74) is 5.76. The van der Waals surface area contributed by atoms with Crippen LogP contribution in [0.25, 0.3) is 0 Å². The molecular formula is C41H51FN4O3. The first kappa shape index (κ1) is 34.8. The lowest BCUT2D eigenvalue weighted by atomic mass is 9.87. The summed E-state index contributed by atoms with van der Waals surface area (Å²) in [7, 11) is 0. The van der Waals surface area contributed by atoms with Gasteiger partial charge in [-0.15, -0.1) is 0 Å². The van der Waals surface area contributed by atoms with Crippen LogP contribution in [0, 0.1) is 17.7 Å². The molecule has 2 saturated heterocycles. The zero-order valence-electron chi connectivity index (χ0n) is 29.2. The maximum Gasteiger partial charge on any atom is 0.321 e. The number of carboxylic acids is 1. The van der Waals surface area contributed by atoms with Crippen LogP contribution >= 0.6 is 0 Å². The lowest BCUT2D eigenvalue weighted by molar-refractivity contribution is -0.145. The third-order valence-electron chi connectivity index (χ3n) is 10.8. The molecule has 2 fully saturated rings. The van der Waals surface area contributed by atoms with Crippen molar-refractivity contribution in [3.8, 4) is 5.75 Å². The highest BCUT2D eigenvalue weighted by molar-refractivity contribution is 5.74. The minimum absolute atomic E-state index is 0.0479. The number of carboxylic acid groups (broad SMARTS) is 1. The largest absolute Gasteiger partial charge is 0.489 e. The molecule has 0 radical (unpaired) electrons. The molecule has 4 aromatic rings. The Kier molecular flexibility index (Phi) is 11.5. The second-order valence-electron chi connectivity index (χ2n) is 14.1. The van der Waals surface area contributed by atoms with E-state index in [0.717, 1.165) is 74.4 Å². The lowest BCUT2D eigenvalue weighted by Gasteiger charge is -2.35. The second kappa shape index (κ2) is 16.1. The maximum absolute atomic E-state index is 14.3. The summed E-state index contributed by atoms with van der Waals surface area (Å²) < 4.78 is 22.5. The zero-order valence-corrected chi connectivity index (χ0v) is 29.2. The summed E-state index contributed by atoms with van der Waals surface area (Å²) >= 11 is 0. The van der Waals surface area contributed by atoms with Crippen molar-refractivity contribution in [3.05, 3.63) is 119 Å². The van der Waals surface area contributed by atoms with Gasteiger partial charge in [-0.2, -0.15) is 5.10 Å². The molecule has 3 heterocycles. The van der Waals surface area contributed by atoms with Gasteiger partial charge in [0.15, 0.2) is 0 Å². The number of hydrogen-bond donors (Lipinski definition) is 1. The Bertz CT molecular complexity index is 1650. The lowest BCUT2D eigenvalue weighted by Crippen LogP contribution is -2.45. The van der Waals surface area contributed by atoms with E-state index in [4.69, 9.17) is 9.84 Å². The summed E-state index contributed by atoms with van der Waals surface area (Å²) in [5, 5.41) is 15.1. The van der Waals surface area contributed by atoms with E-state index in [1.54, 1.807) is 12.1 Å². The van der Waals surface area contributed by atoms with Crippen LogP contribution in [-0.2, 0) is 24.4 Å². The van der Waals surface area contributed by atoms with Crippen LogP contribution in [0.1, 0.15) is 79.9 Å². The molecule has 0 amide bonds. The van der Waals surface area contributed by atoms with Gasteiger partial charge in [-0.05, 0) is 91.7 Å². The van der Waals surface area contributed by atoms with Gasteiger partial charge in [0.05, 0.1) is 5.69 Å². The van der Waals surface area contributed by atoms with Gasteiger partial charge in [0.1, 0.15) is 24.2 Å². The second-order valence-corrected chi connectivity index (χ2v) is 14.1. The molecule has 0 unspecified atom stereocenters. The molecule has 260 valence electrons. The molecule has 7 nitrogen and oxygen atoms in total. The van der Waals surface area contributed by atoms with Gasteiger partial charge < -0.3 is 14.7 Å². The van der Waals surface area contributed by atoms with Crippen molar-refractivity contribution < 1.29 is 19.0 Å². The van der Waals surface area contributed by atoms with Crippen molar-refractivity contribution in [2.75, 3.05) is 32.7 Å². The number of carbonyl (C=O) groups is 1. The van der Waals surface area contributed by atoms with E-state index >= 15 is 0 Å². The number of aliphatic carboxylic acids is 1. The van der Waals surface area contributed by atoms with Crippen molar-refractivity contribution in [1.29, 1.82) is 0 Å². The fraction of sp³-hybridized carbons (Fsp3) is 0.463. The molecular weight excluding hydrogens is 615 g/mol. The Morgan fingerprint density at radius 3 is 2.39 bits per heavy atom. The van der Waals surface area contributed by atoms with Gasteiger partial charge in [0.25, 0.3) is 0 Å². The summed E-state index contributed by atoms with van der Waals surface area (Å²) in [5.74, 6) is 0.720. The smallest absolute Gasteiger partial charge is 0.321 e. The highest BCUT2D eigenvalue weighted by Crippen LogP contribution is 2.38. The highest BCUT2D eigenvalue weighted by Gasteiger charge is 2.42. The van der Waals surface area contributed by atoms with E-state index in [1.807, 2.05) is 43.3 Å². The molecule has 2 aliphatic rings. The van der Waals surface area contributed by atoms with E-state index in [1.165, 1.54) is 17.3 Å². The Hall–Kier alpha value is -4.01.